The Labute approximate surface area is 88.3 Å². The van der Waals surface area contributed by atoms with Gasteiger partial charge in [-0.15, -0.1) is 0 Å². The van der Waals surface area contributed by atoms with Crippen molar-refractivity contribution in [3.8, 4) is 0 Å². The molecule has 0 aliphatic heterocycles. The summed E-state index contributed by atoms with van der Waals surface area (Å²) < 4.78 is 10.2. The largest absolute Gasteiger partial charge is 0.382 e. The van der Waals surface area contributed by atoms with E-state index in [0.717, 1.165) is 6.61 Å². The molecule has 0 amide bonds. The number of unbranched alkanes of at least 4 members (excludes halogenated alkanes) is 4. The van der Waals surface area contributed by atoms with Crippen molar-refractivity contribution in [2.45, 2.75) is 39.0 Å². The molecule has 0 saturated carbocycles. The Bertz CT molecular complexity index is 107. The molecule has 0 aliphatic carbocycles. The second-order valence-corrected chi connectivity index (χ2v) is 3.39. The second kappa shape index (κ2) is 12.7. The summed E-state index contributed by atoms with van der Waals surface area (Å²) in [6.07, 6.45) is 10.8. The lowest BCUT2D eigenvalue weighted by atomic mass is 10.1. The van der Waals surface area contributed by atoms with Crippen molar-refractivity contribution in [2.24, 2.45) is 0 Å². The van der Waals surface area contributed by atoms with Gasteiger partial charge in [0.15, 0.2) is 0 Å². The molecule has 0 rings (SSSR count). The van der Waals surface area contributed by atoms with Crippen LogP contribution in [-0.2, 0) is 9.47 Å². The van der Waals surface area contributed by atoms with Crippen LogP contribution >= 0.6 is 0 Å². The summed E-state index contributed by atoms with van der Waals surface area (Å²) in [5.41, 5.74) is 0. The van der Waals surface area contributed by atoms with Crippen LogP contribution in [0.25, 0.3) is 0 Å². The molecule has 0 radical (unpaired) electrons. The highest BCUT2D eigenvalue weighted by Gasteiger charge is 1.85. The molecule has 84 valence electrons. The Morgan fingerprint density at radius 1 is 1.00 bits per heavy atom. The molecule has 0 N–H and O–H groups in total. The Kier molecular flexibility index (Phi) is 12.4. The van der Waals surface area contributed by atoms with Gasteiger partial charge in [-0.25, -0.2) is 0 Å². The highest BCUT2D eigenvalue weighted by atomic mass is 16.5. The van der Waals surface area contributed by atoms with E-state index in [9.17, 15) is 0 Å². The van der Waals surface area contributed by atoms with Crippen molar-refractivity contribution in [2.75, 3.05) is 26.9 Å². The van der Waals surface area contributed by atoms with Crippen LogP contribution in [0.3, 0.4) is 0 Å². The van der Waals surface area contributed by atoms with E-state index >= 15 is 0 Å². The Morgan fingerprint density at radius 2 is 1.86 bits per heavy atom. The fraction of sp³-hybridized carbons (Fsp3) is 0.833. The Morgan fingerprint density at radius 3 is 2.57 bits per heavy atom. The summed E-state index contributed by atoms with van der Waals surface area (Å²) in [5.74, 6) is 0. The number of methoxy groups -OCH3 is 1. The predicted octanol–water partition coefficient (Wildman–Crippen LogP) is 3.18. The third-order valence-electron chi connectivity index (χ3n) is 2.04. The molecule has 0 saturated heterocycles. The molecule has 14 heavy (non-hydrogen) atoms. The highest BCUT2D eigenvalue weighted by molar-refractivity contribution is 4.81. The summed E-state index contributed by atoms with van der Waals surface area (Å²) in [7, 11) is 1.69. The van der Waals surface area contributed by atoms with Gasteiger partial charge in [-0.3, -0.25) is 0 Å². The van der Waals surface area contributed by atoms with Crippen LogP contribution in [0.5, 0.6) is 0 Å². The molecule has 0 spiro atoms. The van der Waals surface area contributed by atoms with Crippen molar-refractivity contribution in [1.29, 1.82) is 0 Å². The lowest BCUT2D eigenvalue weighted by Gasteiger charge is -1.98. The van der Waals surface area contributed by atoms with Gasteiger partial charge in [0.2, 0.25) is 0 Å². The van der Waals surface area contributed by atoms with E-state index in [1.54, 1.807) is 7.11 Å². The zero-order chi connectivity index (χ0) is 10.5. The van der Waals surface area contributed by atoms with Crippen LogP contribution in [0, 0.1) is 0 Å². The molecule has 0 aromatic heterocycles. The topological polar surface area (TPSA) is 18.5 Å². The third-order valence-corrected chi connectivity index (χ3v) is 2.04. The number of allylic oxidation sites excluding steroid dienone is 1. The first kappa shape index (κ1) is 13.7. The van der Waals surface area contributed by atoms with E-state index in [-0.39, 0.29) is 0 Å². The number of hydrogen-bond acceptors (Lipinski definition) is 2. The standard InChI is InChI=1S/C12H24O2/c1-3-4-5-6-7-8-9-10-14-12-11-13-2/h8-9H,3-7,10-12H2,1-2H3/b9-8+. The third kappa shape index (κ3) is 11.7. The van der Waals surface area contributed by atoms with Gasteiger partial charge in [-0.2, -0.15) is 0 Å². The SMILES string of the molecule is CCCCCC/C=C/COCCOC. The minimum absolute atomic E-state index is 0.685. The van der Waals surface area contributed by atoms with Crippen LogP contribution < -0.4 is 0 Å². The van der Waals surface area contributed by atoms with Gasteiger partial charge in [0.1, 0.15) is 0 Å². The van der Waals surface area contributed by atoms with Crippen LogP contribution in [0.4, 0.5) is 0 Å². The average Bonchev–Trinajstić information content (AvgIpc) is 2.21. The second-order valence-electron chi connectivity index (χ2n) is 3.39. The number of hydrogen-bond donors (Lipinski definition) is 0. The first-order valence-electron chi connectivity index (χ1n) is 5.63. The fourth-order valence-electron chi connectivity index (χ4n) is 1.17. The molecule has 0 heterocycles. The van der Waals surface area contributed by atoms with E-state index < -0.39 is 0 Å². The van der Waals surface area contributed by atoms with E-state index in [4.69, 9.17) is 9.47 Å². The van der Waals surface area contributed by atoms with E-state index in [1.807, 2.05) is 0 Å². The molecule has 0 bridgehead atoms. The maximum absolute atomic E-state index is 5.29. The number of ether oxygens (including phenoxy) is 2. The molecule has 0 aromatic rings. The summed E-state index contributed by atoms with van der Waals surface area (Å²) in [4.78, 5) is 0. The van der Waals surface area contributed by atoms with Gasteiger partial charge in [0.05, 0.1) is 19.8 Å². The lowest BCUT2D eigenvalue weighted by molar-refractivity contribution is 0.0852. The van der Waals surface area contributed by atoms with Crippen molar-refractivity contribution >= 4 is 0 Å². The highest BCUT2D eigenvalue weighted by Crippen LogP contribution is 2.02. The van der Waals surface area contributed by atoms with Crippen molar-refractivity contribution in [3.63, 3.8) is 0 Å². The first-order chi connectivity index (χ1) is 6.91. The van der Waals surface area contributed by atoms with E-state index in [0.29, 0.717) is 13.2 Å². The molecule has 0 atom stereocenters. The molecule has 0 unspecified atom stereocenters. The smallest absolute Gasteiger partial charge is 0.0704 e. The maximum Gasteiger partial charge on any atom is 0.0704 e. The zero-order valence-electron chi connectivity index (χ0n) is 9.63. The van der Waals surface area contributed by atoms with Crippen molar-refractivity contribution < 1.29 is 9.47 Å². The quantitative estimate of drug-likeness (QED) is 0.398. The van der Waals surface area contributed by atoms with Gasteiger partial charge in [-0.05, 0) is 12.8 Å². The molecular weight excluding hydrogens is 176 g/mol. The number of rotatable bonds is 10. The first-order valence-corrected chi connectivity index (χ1v) is 5.63. The fourth-order valence-corrected chi connectivity index (χ4v) is 1.17. The zero-order valence-corrected chi connectivity index (χ0v) is 9.63. The predicted molar refractivity (Wildman–Crippen MR) is 60.6 cm³/mol. The minimum atomic E-state index is 0.685. The summed E-state index contributed by atoms with van der Waals surface area (Å²) in [5, 5.41) is 0. The molecule has 0 aromatic carbocycles. The van der Waals surface area contributed by atoms with Crippen molar-refractivity contribution in [1.82, 2.24) is 0 Å². The minimum Gasteiger partial charge on any atom is -0.382 e. The molecule has 0 fully saturated rings. The summed E-state index contributed by atoms with van der Waals surface area (Å²) in [6, 6.07) is 0. The Hall–Kier alpha value is -0.340. The molecule has 2 heteroatoms. The van der Waals surface area contributed by atoms with Crippen LogP contribution in [0.2, 0.25) is 0 Å². The summed E-state index contributed by atoms with van der Waals surface area (Å²) in [6.45, 7) is 4.33. The lowest BCUT2D eigenvalue weighted by Crippen LogP contribution is -2.01. The molecule has 2 nitrogen and oxygen atoms in total. The van der Waals surface area contributed by atoms with Crippen LogP contribution in [0.15, 0.2) is 12.2 Å². The van der Waals surface area contributed by atoms with Crippen LogP contribution in [-0.4, -0.2) is 26.9 Å². The molecule has 0 aliphatic rings. The van der Waals surface area contributed by atoms with Crippen LogP contribution in [0.1, 0.15) is 39.0 Å². The normalized spacial score (nSPS) is 11.3. The van der Waals surface area contributed by atoms with Crippen molar-refractivity contribution in [3.05, 3.63) is 12.2 Å². The van der Waals surface area contributed by atoms with Gasteiger partial charge in [0.25, 0.3) is 0 Å². The van der Waals surface area contributed by atoms with E-state index in [2.05, 4.69) is 19.1 Å². The Balaban J connectivity index is 2.96. The monoisotopic (exact) mass is 200 g/mol. The summed E-state index contributed by atoms with van der Waals surface area (Å²) >= 11 is 0. The maximum atomic E-state index is 5.29. The van der Waals surface area contributed by atoms with Gasteiger partial charge in [-0.1, -0.05) is 38.3 Å². The van der Waals surface area contributed by atoms with Gasteiger partial charge >= 0.3 is 0 Å². The average molecular weight is 200 g/mol. The molecular formula is C12H24O2. The van der Waals surface area contributed by atoms with Gasteiger partial charge < -0.3 is 9.47 Å². The van der Waals surface area contributed by atoms with E-state index in [1.165, 1.54) is 32.1 Å². The van der Waals surface area contributed by atoms with Gasteiger partial charge in [0, 0.05) is 7.11 Å².